The Morgan fingerprint density at radius 2 is 2.17 bits per heavy atom. The van der Waals surface area contributed by atoms with Crippen LogP contribution in [0.2, 0.25) is 0 Å². The largest absolute Gasteiger partial charge is 0.372 e. The highest BCUT2D eigenvalue weighted by Crippen LogP contribution is 2.29. The highest BCUT2D eigenvalue weighted by atomic mass is 32.1. The predicted molar refractivity (Wildman–Crippen MR) is 92.2 cm³/mol. The van der Waals surface area contributed by atoms with Crippen molar-refractivity contribution in [3.8, 4) is 0 Å². The van der Waals surface area contributed by atoms with Gasteiger partial charge in [-0.2, -0.15) is 9.38 Å². The number of rotatable bonds is 5. The van der Waals surface area contributed by atoms with Gasteiger partial charge in [0.25, 0.3) is 4.96 Å². The minimum absolute atomic E-state index is 0.0217. The molecule has 0 spiro atoms. The van der Waals surface area contributed by atoms with Crippen molar-refractivity contribution in [2.75, 3.05) is 25.0 Å². The smallest absolute Gasteiger partial charge is 0.359 e. The van der Waals surface area contributed by atoms with Crippen LogP contribution in [0.25, 0.3) is 4.96 Å². The zero-order valence-electron chi connectivity index (χ0n) is 13.7. The number of thiazole rings is 1. The topological polar surface area (TPSA) is 75.7 Å². The molecule has 0 amide bonds. The minimum Gasteiger partial charge on any atom is -0.359 e. The molecule has 0 saturated carbocycles. The van der Waals surface area contributed by atoms with Crippen LogP contribution in [0.5, 0.6) is 0 Å². The summed E-state index contributed by atoms with van der Waals surface area (Å²) in [6.45, 7) is 9.69. The third-order valence-corrected chi connectivity index (χ3v) is 5.03. The Kier molecular flexibility index (Phi) is 4.54. The third-order valence-electron chi connectivity index (χ3n) is 4.27. The summed E-state index contributed by atoms with van der Waals surface area (Å²) in [7, 11) is 0. The van der Waals surface area contributed by atoms with E-state index in [2.05, 4.69) is 36.0 Å². The minimum atomic E-state index is -0.368. The van der Waals surface area contributed by atoms with Crippen LogP contribution in [0.3, 0.4) is 0 Å². The maximum atomic E-state index is 11.4. The van der Waals surface area contributed by atoms with E-state index in [9.17, 15) is 10.1 Å². The lowest BCUT2D eigenvalue weighted by Crippen LogP contribution is -2.43. The number of fused-ring (bicyclic) bond motifs is 1. The van der Waals surface area contributed by atoms with Crippen molar-refractivity contribution in [3.05, 3.63) is 21.7 Å². The van der Waals surface area contributed by atoms with Gasteiger partial charge in [-0.05, 0) is 30.1 Å². The van der Waals surface area contributed by atoms with Crippen molar-refractivity contribution >= 4 is 27.9 Å². The molecule has 0 aliphatic carbocycles. The maximum absolute atomic E-state index is 11.4. The standard InChI is InChI=1S/C15H23N5O2S/c1-10-6-11(2)8-18(7-10)9-12(3)16-13-14(20(21)22)19-4-5-23-15(19)17-13/h4-5,10-12,16H,6-9H2,1-3H3/t10-,11-,12-/m1/s1. The van der Waals surface area contributed by atoms with Gasteiger partial charge in [-0.1, -0.05) is 25.2 Å². The molecule has 8 heteroatoms. The van der Waals surface area contributed by atoms with Crippen molar-refractivity contribution in [3.63, 3.8) is 0 Å². The fourth-order valence-electron chi connectivity index (χ4n) is 3.65. The van der Waals surface area contributed by atoms with Gasteiger partial charge >= 0.3 is 5.82 Å². The predicted octanol–water partition coefficient (Wildman–Crippen LogP) is 3.08. The molecule has 1 saturated heterocycles. The first-order valence-corrected chi connectivity index (χ1v) is 8.90. The molecule has 7 nitrogen and oxygen atoms in total. The van der Waals surface area contributed by atoms with Crippen molar-refractivity contribution in [2.24, 2.45) is 11.8 Å². The van der Waals surface area contributed by atoms with Crippen LogP contribution in [-0.2, 0) is 0 Å². The SMILES string of the molecule is C[C@@H]1C[C@@H](C)CN(C[C@@H](C)Nc2nc3sccn3c2[N+](=O)[O-])C1. The quantitative estimate of drug-likeness (QED) is 0.670. The first-order chi connectivity index (χ1) is 10.9. The second-order valence-corrected chi connectivity index (χ2v) is 7.68. The van der Waals surface area contributed by atoms with Gasteiger partial charge in [0.2, 0.25) is 5.82 Å². The van der Waals surface area contributed by atoms with E-state index in [0.717, 1.165) is 19.6 Å². The molecule has 3 rings (SSSR count). The van der Waals surface area contributed by atoms with Gasteiger partial charge in [0.1, 0.15) is 6.20 Å². The Hall–Kier alpha value is -1.67. The van der Waals surface area contributed by atoms with E-state index < -0.39 is 0 Å². The first-order valence-electron chi connectivity index (χ1n) is 8.03. The lowest BCUT2D eigenvalue weighted by Gasteiger charge is -2.36. The van der Waals surface area contributed by atoms with Crippen LogP contribution >= 0.6 is 11.3 Å². The summed E-state index contributed by atoms with van der Waals surface area (Å²) in [5.74, 6) is 1.80. The van der Waals surface area contributed by atoms with Crippen molar-refractivity contribution in [1.82, 2.24) is 14.3 Å². The van der Waals surface area contributed by atoms with E-state index in [1.165, 1.54) is 22.2 Å². The average molecular weight is 337 g/mol. The molecule has 0 bridgehead atoms. The molecule has 3 atom stereocenters. The van der Waals surface area contributed by atoms with Crippen LogP contribution < -0.4 is 5.32 Å². The molecule has 0 aromatic carbocycles. The number of nitro groups is 1. The molecule has 2 aromatic heterocycles. The Morgan fingerprint density at radius 3 is 2.83 bits per heavy atom. The fraction of sp³-hybridized carbons (Fsp3) is 0.667. The zero-order chi connectivity index (χ0) is 16.6. The van der Waals surface area contributed by atoms with Gasteiger partial charge in [0, 0.05) is 31.1 Å². The molecule has 1 aliphatic rings. The number of aromatic nitrogens is 2. The summed E-state index contributed by atoms with van der Waals surface area (Å²) in [6.07, 6.45) is 2.97. The van der Waals surface area contributed by atoms with Crippen LogP contribution in [0.4, 0.5) is 11.6 Å². The Morgan fingerprint density at radius 1 is 1.48 bits per heavy atom. The normalized spacial score (nSPS) is 24.0. The van der Waals surface area contributed by atoms with Crippen LogP contribution in [0.1, 0.15) is 27.2 Å². The Bertz CT molecular complexity index is 687. The molecular weight excluding hydrogens is 314 g/mol. The van der Waals surface area contributed by atoms with E-state index >= 15 is 0 Å². The molecule has 1 N–H and O–H groups in total. The van der Waals surface area contributed by atoms with E-state index in [4.69, 9.17) is 0 Å². The molecule has 1 fully saturated rings. The third kappa shape index (κ3) is 3.48. The molecule has 1 aliphatic heterocycles. The fourth-order valence-corrected chi connectivity index (χ4v) is 4.36. The molecule has 2 aromatic rings. The number of imidazole rings is 1. The molecule has 126 valence electrons. The van der Waals surface area contributed by atoms with Gasteiger partial charge in [-0.15, -0.1) is 0 Å². The molecular formula is C15H23N5O2S. The second-order valence-electron chi connectivity index (χ2n) is 6.81. The number of nitrogens with one attached hydrogen (secondary N) is 1. The Labute approximate surface area is 139 Å². The van der Waals surface area contributed by atoms with Gasteiger partial charge < -0.3 is 20.3 Å². The van der Waals surface area contributed by atoms with Gasteiger partial charge in [-0.25, -0.2) is 0 Å². The molecule has 0 radical (unpaired) electrons. The summed E-state index contributed by atoms with van der Waals surface area (Å²) < 4.78 is 1.53. The second kappa shape index (κ2) is 6.45. The number of likely N-dealkylation sites (tertiary alicyclic amines) is 1. The summed E-state index contributed by atoms with van der Waals surface area (Å²) in [5.41, 5.74) is 0. The van der Waals surface area contributed by atoms with Crippen LogP contribution in [-0.4, -0.2) is 44.9 Å². The number of nitrogens with zero attached hydrogens (tertiary/aromatic N) is 4. The summed E-state index contributed by atoms with van der Waals surface area (Å²) in [4.78, 5) is 18.4. The maximum Gasteiger partial charge on any atom is 0.372 e. The highest BCUT2D eigenvalue weighted by molar-refractivity contribution is 7.15. The van der Waals surface area contributed by atoms with E-state index in [1.807, 2.05) is 0 Å². The zero-order valence-corrected chi connectivity index (χ0v) is 14.5. The molecule has 3 heterocycles. The number of anilines is 1. The van der Waals surface area contributed by atoms with Gasteiger partial charge in [0.15, 0.2) is 0 Å². The van der Waals surface area contributed by atoms with Crippen molar-refractivity contribution < 1.29 is 4.92 Å². The number of hydrogen-bond donors (Lipinski definition) is 1. The number of hydrogen-bond acceptors (Lipinski definition) is 6. The van der Waals surface area contributed by atoms with E-state index in [0.29, 0.717) is 22.6 Å². The highest BCUT2D eigenvalue weighted by Gasteiger charge is 2.27. The molecule has 23 heavy (non-hydrogen) atoms. The summed E-state index contributed by atoms with van der Waals surface area (Å²) in [5, 5.41) is 16.4. The Balaban J connectivity index is 1.70. The van der Waals surface area contributed by atoms with E-state index in [-0.39, 0.29) is 16.8 Å². The van der Waals surface area contributed by atoms with Crippen LogP contribution in [0.15, 0.2) is 11.6 Å². The van der Waals surface area contributed by atoms with Crippen molar-refractivity contribution in [1.29, 1.82) is 0 Å². The van der Waals surface area contributed by atoms with Crippen molar-refractivity contribution in [2.45, 2.75) is 33.2 Å². The van der Waals surface area contributed by atoms with Crippen LogP contribution in [0, 0.1) is 22.0 Å². The lowest BCUT2D eigenvalue weighted by atomic mass is 9.92. The van der Waals surface area contributed by atoms with E-state index in [1.54, 1.807) is 11.6 Å². The summed E-state index contributed by atoms with van der Waals surface area (Å²) >= 11 is 1.40. The van der Waals surface area contributed by atoms with Gasteiger partial charge in [0.05, 0.1) is 0 Å². The first kappa shape index (κ1) is 16.2. The average Bonchev–Trinajstić information content (AvgIpc) is 2.96. The lowest BCUT2D eigenvalue weighted by molar-refractivity contribution is -0.389. The van der Waals surface area contributed by atoms with Gasteiger partial charge in [-0.3, -0.25) is 0 Å². The molecule has 0 unspecified atom stereocenters. The summed E-state index contributed by atoms with van der Waals surface area (Å²) in [6, 6.07) is 0.107. The number of piperidine rings is 1. The monoisotopic (exact) mass is 337 g/mol.